The van der Waals surface area contributed by atoms with E-state index in [0.29, 0.717) is 19.5 Å². The van der Waals surface area contributed by atoms with Crippen LogP contribution in [0.25, 0.3) is 0 Å². The number of halogens is 3. The molecule has 0 aromatic heterocycles. The molecule has 0 saturated carbocycles. The first-order valence-electron chi connectivity index (χ1n) is 7.52. The Kier molecular flexibility index (Phi) is 4.99. The fourth-order valence-corrected chi connectivity index (χ4v) is 3.28. The van der Waals surface area contributed by atoms with Crippen molar-refractivity contribution in [1.29, 1.82) is 0 Å². The van der Waals surface area contributed by atoms with Crippen LogP contribution in [0.15, 0.2) is 0 Å². The molecule has 0 N–H and O–H groups in total. The number of rotatable bonds is 3. The molecular weight excluding hydrogens is 299 g/mol. The van der Waals surface area contributed by atoms with Gasteiger partial charge in [-0.1, -0.05) is 0 Å². The van der Waals surface area contributed by atoms with Gasteiger partial charge in [-0.3, -0.25) is 14.5 Å². The van der Waals surface area contributed by atoms with Crippen LogP contribution in [-0.2, 0) is 9.59 Å². The first kappa shape index (κ1) is 17.1. The number of alkyl halides is 3. The lowest BCUT2D eigenvalue weighted by atomic mass is 10.0. The molecule has 0 aliphatic carbocycles. The lowest BCUT2D eigenvalue weighted by molar-refractivity contribution is -0.159. The van der Waals surface area contributed by atoms with E-state index >= 15 is 0 Å². The van der Waals surface area contributed by atoms with Crippen molar-refractivity contribution in [3.05, 3.63) is 0 Å². The first-order valence-corrected chi connectivity index (χ1v) is 7.52. The summed E-state index contributed by atoms with van der Waals surface area (Å²) >= 11 is 0. The molecule has 0 radical (unpaired) electrons. The Morgan fingerprint density at radius 2 is 1.82 bits per heavy atom. The van der Waals surface area contributed by atoms with Crippen molar-refractivity contribution in [3.63, 3.8) is 0 Å². The number of amides is 2. The molecule has 0 bridgehead atoms. The predicted octanol–water partition coefficient (Wildman–Crippen LogP) is 1.09. The van der Waals surface area contributed by atoms with Crippen LogP contribution in [0.4, 0.5) is 13.2 Å². The van der Waals surface area contributed by atoms with Gasteiger partial charge in [0.2, 0.25) is 11.8 Å². The molecule has 2 rings (SSSR count). The fourth-order valence-electron chi connectivity index (χ4n) is 3.28. The highest BCUT2D eigenvalue weighted by molar-refractivity contribution is 5.84. The molecule has 1 unspecified atom stereocenters. The van der Waals surface area contributed by atoms with Gasteiger partial charge in [0.15, 0.2) is 0 Å². The second kappa shape index (κ2) is 6.44. The summed E-state index contributed by atoms with van der Waals surface area (Å²) in [6.45, 7) is 1.79. The molecule has 8 heteroatoms. The van der Waals surface area contributed by atoms with Crippen LogP contribution in [0.3, 0.4) is 0 Å². The quantitative estimate of drug-likeness (QED) is 0.782. The van der Waals surface area contributed by atoms with E-state index in [4.69, 9.17) is 0 Å². The zero-order valence-corrected chi connectivity index (χ0v) is 12.9. The largest absolute Gasteiger partial charge is 0.406 e. The van der Waals surface area contributed by atoms with E-state index in [1.54, 1.807) is 11.9 Å². The number of likely N-dealkylation sites (tertiary alicyclic amines) is 2. The van der Waals surface area contributed by atoms with Crippen molar-refractivity contribution in [2.45, 2.75) is 44.4 Å². The van der Waals surface area contributed by atoms with Gasteiger partial charge >= 0.3 is 6.18 Å². The summed E-state index contributed by atoms with van der Waals surface area (Å²) in [5.74, 6) is -0.414. The average molecular weight is 321 g/mol. The van der Waals surface area contributed by atoms with Crippen molar-refractivity contribution in [2.75, 3.05) is 33.2 Å². The number of hydrogen-bond acceptors (Lipinski definition) is 3. The summed E-state index contributed by atoms with van der Waals surface area (Å²) in [6.07, 6.45) is -2.40. The molecule has 0 aromatic rings. The van der Waals surface area contributed by atoms with Crippen molar-refractivity contribution in [1.82, 2.24) is 14.7 Å². The van der Waals surface area contributed by atoms with E-state index in [1.165, 1.54) is 6.92 Å². The molecule has 2 saturated heterocycles. The van der Waals surface area contributed by atoms with Gasteiger partial charge in [0.1, 0.15) is 6.54 Å². The van der Waals surface area contributed by atoms with Gasteiger partial charge < -0.3 is 9.80 Å². The normalized spacial score (nSPS) is 24.9. The number of carbonyl (C=O) groups excluding carboxylic acids is 2. The van der Waals surface area contributed by atoms with Crippen LogP contribution in [0.1, 0.15) is 26.2 Å². The van der Waals surface area contributed by atoms with Crippen LogP contribution in [0.5, 0.6) is 0 Å². The highest BCUT2D eigenvalue weighted by Crippen LogP contribution is 2.26. The van der Waals surface area contributed by atoms with Gasteiger partial charge in [-0.05, 0) is 19.3 Å². The van der Waals surface area contributed by atoms with Gasteiger partial charge in [0, 0.05) is 39.6 Å². The lowest BCUT2D eigenvalue weighted by Gasteiger charge is -2.38. The third-order valence-corrected chi connectivity index (χ3v) is 4.62. The second-order valence-corrected chi connectivity index (χ2v) is 6.08. The topological polar surface area (TPSA) is 43.9 Å². The third kappa shape index (κ3) is 3.91. The highest BCUT2D eigenvalue weighted by Gasteiger charge is 2.42. The minimum atomic E-state index is -4.35. The Morgan fingerprint density at radius 3 is 2.32 bits per heavy atom. The molecule has 5 nitrogen and oxygen atoms in total. The minimum Gasteiger partial charge on any atom is -0.343 e. The Labute approximate surface area is 128 Å². The van der Waals surface area contributed by atoms with E-state index in [0.717, 1.165) is 17.7 Å². The molecule has 2 aliphatic heterocycles. The Bertz CT molecular complexity index is 434. The van der Waals surface area contributed by atoms with Gasteiger partial charge in [-0.15, -0.1) is 0 Å². The highest BCUT2D eigenvalue weighted by atomic mass is 19.4. The van der Waals surface area contributed by atoms with Gasteiger partial charge in [-0.2, -0.15) is 13.2 Å². The van der Waals surface area contributed by atoms with Crippen molar-refractivity contribution in [3.8, 4) is 0 Å². The Balaban J connectivity index is 1.87. The Morgan fingerprint density at radius 1 is 1.23 bits per heavy atom. The van der Waals surface area contributed by atoms with Crippen LogP contribution < -0.4 is 0 Å². The van der Waals surface area contributed by atoms with Gasteiger partial charge in [0.25, 0.3) is 0 Å². The molecule has 126 valence electrons. The van der Waals surface area contributed by atoms with E-state index in [-0.39, 0.29) is 18.5 Å². The predicted molar refractivity (Wildman–Crippen MR) is 74.1 cm³/mol. The van der Waals surface area contributed by atoms with Gasteiger partial charge in [-0.25, -0.2) is 0 Å². The average Bonchev–Trinajstić information content (AvgIpc) is 2.77. The summed E-state index contributed by atoms with van der Waals surface area (Å²) < 4.78 is 37.3. The summed E-state index contributed by atoms with van der Waals surface area (Å²) in [6, 6.07) is -0.289. The maximum Gasteiger partial charge on any atom is 0.406 e. The van der Waals surface area contributed by atoms with Crippen LogP contribution in [0.2, 0.25) is 0 Å². The SMILES string of the molecule is CC(=O)N(C)C1CCN(C2CCN(CC(F)(F)F)C2=O)CC1. The zero-order valence-electron chi connectivity index (χ0n) is 12.9. The smallest absolute Gasteiger partial charge is 0.343 e. The number of piperidine rings is 1. The minimum absolute atomic E-state index is 0.00625. The van der Waals surface area contributed by atoms with Crippen molar-refractivity contribution >= 4 is 11.8 Å². The molecule has 1 atom stereocenters. The summed E-state index contributed by atoms with van der Waals surface area (Å²) in [7, 11) is 1.76. The molecule has 0 aromatic carbocycles. The van der Waals surface area contributed by atoms with Crippen molar-refractivity contribution < 1.29 is 22.8 Å². The standard InChI is InChI=1S/C14H22F3N3O2/c1-10(21)18(2)11-3-6-19(7-4-11)12-5-8-20(13(12)22)9-14(15,16)17/h11-12H,3-9H2,1-2H3. The molecule has 22 heavy (non-hydrogen) atoms. The second-order valence-electron chi connectivity index (χ2n) is 6.08. The van der Waals surface area contributed by atoms with E-state index in [9.17, 15) is 22.8 Å². The Hall–Kier alpha value is -1.31. The van der Waals surface area contributed by atoms with Crippen LogP contribution in [0, 0.1) is 0 Å². The molecular formula is C14H22F3N3O2. The first-order chi connectivity index (χ1) is 10.2. The monoisotopic (exact) mass is 321 g/mol. The fraction of sp³-hybridized carbons (Fsp3) is 0.857. The van der Waals surface area contributed by atoms with Gasteiger partial charge in [0.05, 0.1) is 6.04 Å². The van der Waals surface area contributed by atoms with E-state index < -0.39 is 24.7 Å². The molecule has 2 amide bonds. The third-order valence-electron chi connectivity index (χ3n) is 4.62. The number of nitrogens with zero attached hydrogens (tertiary/aromatic N) is 3. The summed E-state index contributed by atoms with van der Waals surface area (Å²) in [4.78, 5) is 28.0. The van der Waals surface area contributed by atoms with E-state index in [2.05, 4.69) is 0 Å². The number of carbonyl (C=O) groups is 2. The van der Waals surface area contributed by atoms with E-state index in [1.807, 2.05) is 4.90 Å². The van der Waals surface area contributed by atoms with Crippen molar-refractivity contribution in [2.24, 2.45) is 0 Å². The van der Waals surface area contributed by atoms with Crippen LogP contribution >= 0.6 is 0 Å². The molecule has 0 spiro atoms. The summed E-state index contributed by atoms with van der Waals surface area (Å²) in [5.41, 5.74) is 0. The maximum atomic E-state index is 12.4. The maximum absolute atomic E-state index is 12.4. The zero-order chi connectivity index (χ0) is 16.5. The molecule has 2 aliphatic rings. The number of hydrogen-bond donors (Lipinski definition) is 0. The van der Waals surface area contributed by atoms with Crippen LogP contribution in [-0.4, -0.2) is 78.0 Å². The molecule has 2 heterocycles. The lowest BCUT2D eigenvalue weighted by Crippen LogP contribution is -2.50. The molecule has 2 fully saturated rings. The summed E-state index contributed by atoms with van der Waals surface area (Å²) in [5, 5.41) is 0.